The minimum Gasteiger partial charge on any atom is -0.493 e. The van der Waals surface area contributed by atoms with Gasteiger partial charge in [0, 0.05) is 19.0 Å². The summed E-state index contributed by atoms with van der Waals surface area (Å²) >= 11 is 0. The highest BCUT2D eigenvalue weighted by Gasteiger charge is 2.45. The third kappa shape index (κ3) is 4.82. The van der Waals surface area contributed by atoms with Gasteiger partial charge in [0.25, 0.3) is 0 Å². The summed E-state index contributed by atoms with van der Waals surface area (Å²) < 4.78 is 10.9. The van der Waals surface area contributed by atoms with Gasteiger partial charge in [0.1, 0.15) is 5.54 Å². The molecule has 7 nitrogen and oxygen atoms in total. The summed E-state index contributed by atoms with van der Waals surface area (Å²) in [5, 5.41) is 9.69. The van der Waals surface area contributed by atoms with Crippen molar-refractivity contribution in [3.05, 3.63) is 23.8 Å². The van der Waals surface area contributed by atoms with Crippen LogP contribution >= 0.6 is 0 Å². The van der Waals surface area contributed by atoms with Crippen molar-refractivity contribution in [3.63, 3.8) is 0 Å². The normalized spacial score (nSPS) is 15.5. The maximum atomic E-state index is 12.6. The number of methoxy groups -OCH3 is 1. The van der Waals surface area contributed by atoms with Gasteiger partial charge >= 0.3 is 5.97 Å². The summed E-state index contributed by atoms with van der Waals surface area (Å²) in [6, 6.07) is 4.96. The maximum Gasteiger partial charge on any atom is 0.329 e. The molecule has 1 N–H and O–H groups in total. The second-order valence-electron chi connectivity index (χ2n) is 7.22. The van der Waals surface area contributed by atoms with Crippen LogP contribution in [-0.4, -0.2) is 54.0 Å². The number of carboxylic acids is 1. The Bertz CT molecular complexity index is 724. The van der Waals surface area contributed by atoms with E-state index in [1.807, 2.05) is 0 Å². The van der Waals surface area contributed by atoms with Crippen molar-refractivity contribution in [1.82, 2.24) is 4.90 Å². The highest BCUT2D eigenvalue weighted by molar-refractivity contribution is 5.94. The zero-order valence-corrected chi connectivity index (χ0v) is 16.8. The number of likely N-dealkylation sites (N-methyl/N-ethyl adjacent to an activating group) is 1. The van der Waals surface area contributed by atoms with Crippen molar-refractivity contribution in [2.75, 3.05) is 20.8 Å². The van der Waals surface area contributed by atoms with Gasteiger partial charge in [-0.2, -0.15) is 0 Å². The molecule has 7 heteroatoms. The first-order valence-electron chi connectivity index (χ1n) is 9.63. The van der Waals surface area contributed by atoms with E-state index in [9.17, 15) is 19.5 Å². The Kier molecular flexibility index (Phi) is 7.43. The van der Waals surface area contributed by atoms with E-state index in [2.05, 4.69) is 0 Å². The van der Waals surface area contributed by atoms with Crippen LogP contribution in [-0.2, 0) is 9.59 Å². The Morgan fingerprint density at radius 3 is 2.39 bits per heavy atom. The van der Waals surface area contributed by atoms with Gasteiger partial charge in [-0.3, -0.25) is 9.59 Å². The molecule has 0 unspecified atom stereocenters. The molecule has 0 radical (unpaired) electrons. The molecule has 0 saturated heterocycles. The Balaban J connectivity index is 1.90. The van der Waals surface area contributed by atoms with Crippen molar-refractivity contribution in [1.29, 1.82) is 0 Å². The molecule has 28 heavy (non-hydrogen) atoms. The molecular formula is C21H29NO6. The zero-order valence-electron chi connectivity index (χ0n) is 16.8. The summed E-state index contributed by atoms with van der Waals surface area (Å²) in [5.41, 5.74) is -0.547. The Morgan fingerprint density at radius 1 is 1.14 bits per heavy atom. The molecule has 2 rings (SSSR count). The van der Waals surface area contributed by atoms with Gasteiger partial charge < -0.3 is 19.5 Å². The summed E-state index contributed by atoms with van der Waals surface area (Å²) in [4.78, 5) is 37.2. The quantitative estimate of drug-likeness (QED) is 0.513. The van der Waals surface area contributed by atoms with Crippen molar-refractivity contribution < 1.29 is 29.0 Å². The van der Waals surface area contributed by atoms with Gasteiger partial charge in [0.15, 0.2) is 17.3 Å². The van der Waals surface area contributed by atoms with E-state index in [0.717, 1.165) is 19.3 Å². The fourth-order valence-corrected chi connectivity index (χ4v) is 3.65. The lowest BCUT2D eigenvalue weighted by atomic mass is 9.80. The van der Waals surface area contributed by atoms with Crippen molar-refractivity contribution >= 4 is 17.7 Å². The van der Waals surface area contributed by atoms with Gasteiger partial charge in [-0.25, -0.2) is 4.79 Å². The van der Waals surface area contributed by atoms with Crippen LogP contribution in [0.2, 0.25) is 0 Å². The molecule has 0 bridgehead atoms. The predicted octanol–water partition coefficient (Wildman–Crippen LogP) is 3.30. The molecule has 1 saturated carbocycles. The van der Waals surface area contributed by atoms with Crippen molar-refractivity contribution in [2.24, 2.45) is 0 Å². The van der Waals surface area contributed by atoms with E-state index in [1.165, 1.54) is 18.9 Å². The molecule has 0 atom stereocenters. The monoisotopic (exact) mass is 391 g/mol. The number of carboxylic acid groups (broad SMARTS) is 1. The van der Waals surface area contributed by atoms with E-state index >= 15 is 0 Å². The lowest BCUT2D eigenvalue weighted by molar-refractivity contribution is -0.160. The minimum atomic E-state index is -1.08. The molecule has 0 heterocycles. The van der Waals surface area contributed by atoms with Crippen LogP contribution in [0.15, 0.2) is 18.2 Å². The smallest absolute Gasteiger partial charge is 0.329 e. The number of amides is 1. The van der Waals surface area contributed by atoms with Crippen LogP contribution < -0.4 is 9.47 Å². The third-order valence-corrected chi connectivity index (χ3v) is 5.46. The van der Waals surface area contributed by atoms with Gasteiger partial charge in [-0.1, -0.05) is 19.3 Å². The number of benzene rings is 1. The Morgan fingerprint density at radius 2 is 1.82 bits per heavy atom. The molecule has 1 aliphatic carbocycles. The molecule has 1 amide bonds. The van der Waals surface area contributed by atoms with Crippen LogP contribution in [0.25, 0.3) is 0 Å². The SMILES string of the molecule is COc1cc(C(C)=O)ccc1OCCCC(=O)N(C)C1(C(=O)O)CCCCC1. The van der Waals surface area contributed by atoms with E-state index in [4.69, 9.17) is 9.47 Å². The number of nitrogens with zero attached hydrogens (tertiary/aromatic N) is 1. The molecule has 1 aromatic carbocycles. The van der Waals surface area contributed by atoms with Crippen LogP contribution in [0.4, 0.5) is 0 Å². The second-order valence-corrected chi connectivity index (χ2v) is 7.22. The second kappa shape index (κ2) is 9.57. The lowest BCUT2D eigenvalue weighted by Crippen LogP contribution is -2.56. The number of aliphatic carboxylic acids is 1. The molecule has 0 spiro atoms. The van der Waals surface area contributed by atoms with E-state index in [1.54, 1.807) is 25.2 Å². The average Bonchev–Trinajstić information content (AvgIpc) is 2.70. The molecule has 1 aromatic rings. The largest absolute Gasteiger partial charge is 0.493 e. The first kappa shape index (κ1) is 21.7. The Hall–Kier alpha value is -2.57. The number of ether oxygens (including phenoxy) is 2. The van der Waals surface area contributed by atoms with E-state index in [0.29, 0.717) is 36.3 Å². The van der Waals surface area contributed by atoms with Crippen LogP contribution in [0, 0.1) is 0 Å². The number of ketones is 1. The zero-order chi connectivity index (χ0) is 20.7. The van der Waals surface area contributed by atoms with Crippen LogP contribution in [0.3, 0.4) is 0 Å². The summed E-state index contributed by atoms with van der Waals surface area (Å²) in [6.45, 7) is 1.77. The molecule has 1 fully saturated rings. The molecule has 154 valence electrons. The number of hydrogen-bond donors (Lipinski definition) is 1. The molecular weight excluding hydrogens is 362 g/mol. The molecule has 1 aliphatic rings. The van der Waals surface area contributed by atoms with Gasteiger partial charge in [-0.15, -0.1) is 0 Å². The minimum absolute atomic E-state index is 0.0615. The summed E-state index contributed by atoms with van der Waals surface area (Å²) in [6.07, 6.45) is 4.32. The number of rotatable bonds is 9. The highest BCUT2D eigenvalue weighted by atomic mass is 16.5. The van der Waals surface area contributed by atoms with Crippen LogP contribution in [0.1, 0.15) is 62.2 Å². The first-order chi connectivity index (χ1) is 13.3. The fraction of sp³-hybridized carbons (Fsp3) is 0.571. The Labute approximate surface area is 165 Å². The maximum absolute atomic E-state index is 12.6. The fourth-order valence-electron chi connectivity index (χ4n) is 3.65. The number of hydrogen-bond acceptors (Lipinski definition) is 5. The average molecular weight is 391 g/mol. The molecule has 0 aliphatic heterocycles. The summed E-state index contributed by atoms with van der Waals surface area (Å²) in [5.74, 6) is -0.208. The standard InChI is InChI=1S/C21H29NO6/c1-15(23)16-9-10-17(18(14-16)27-3)28-13-7-8-19(24)22(2)21(20(25)26)11-5-4-6-12-21/h9-10,14H,4-8,11-13H2,1-3H3,(H,25,26). The first-order valence-corrected chi connectivity index (χ1v) is 9.63. The number of Topliss-reactive ketones (excluding diaryl/α,β-unsaturated/α-hetero) is 1. The number of carbonyl (C=O) groups excluding carboxylic acids is 2. The van der Waals surface area contributed by atoms with Gasteiger partial charge in [-0.05, 0) is 44.4 Å². The highest BCUT2D eigenvalue weighted by Crippen LogP contribution is 2.34. The van der Waals surface area contributed by atoms with Crippen LogP contribution in [0.5, 0.6) is 11.5 Å². The summed E-state index contributed by atoms with van der Waals surface area (Å²) in [7, 11) is 3.09. The lowest BCUT2D eigenvalue weighted by Gasteiger charge is -2.41. The van der Waals surface area contributed by atoms with Gasteiger partial charge in [0.05, 0.1) is 13.7 Å². The number of carbonyl (C=O) groups is 3. The predicted molar refractivity (Wildman–Crippen MR) is 104 cm³/mol. The molecule has 0 aromatic heterocycles. The van der Waals surface area contributed by atoms with Crippen molar-refractivity contribution in [2.45, 2.75) is 57.4 Å². The topological polar surface area (TPSA) is 93.1 Å². The van der Waals surface area contributed by atoms with E-state index < -0.39 is 11.5 Å². The third-order valence-electron chi connectivity index (χ3n) is 5.46. The van der Waals surface area contributed by atoms with E-state index in [-0.39, 0.29) is 24.7 Å². The van der Waals surface area contributed by atoms with Crippen molar-refractivity contribution in [3.8, 4) is 11.5 Å². The van der Waals surface area contributed by atoms with Gasteiger partial charge in [0.2, 0.25) is 5.91 Å².